The highest BCUT2D eigenvalue weighted by atomic mass is 32.2. The molecule has 140 valence electrons. The van der Waals surface area contributed by atoms with Crippen LogP contribution in [0.15, 0.2) is 53.4 Å². The molecule has 1 heterocycles. The van der Waals surface area contributed by atoms with Crippen LogP contribution in [0, 0.1) is 0 Å². The van der Waals surface area contributed by atoms with Crippen LogP contribution < -0.4 is 15.1 Å². The molecule has 0 amide bonds. The zero-order valence-electron chi connectivity index (χ0n) is 13.7. The molecular formula is C17H18F3N3O2S. The number of nitrogens with zero attached hydrogens (tertiary/aromatic N) is 2. The molecule has 0 unspecified atom stereocenters. The van der Waals surface area contributed by atoms with Gasteiger partial charge in [0.05, 0.1) is 5.69 Å². The van der Waals surface area contributed by atoms with E-state index in [1.807, 2.05) is 18.2 Å². The molecule has 1 aliphatic heterocycles. The van der Waals surface area contributed by atoms with Crippen LogP contribution in [0.5, 0.6) is 5.75 Å². The van der Waals surface area contributed by atoms with Crippen molar-refractivity contribution in [2.24, 2.45) is 0 Å². The molecule has 2 aromatic carbocycles. The molecule has 2 N–H and O–H groups in total. The Hall–Kier alpha value is -2.10. The van der Waals surface area contributed by atoms with Gasteiger partial charge in [0.15, 0.2) is 0 Å². The van der Waals surface area contributed by atoms with E-state index in [1.165, 1.54) is 12.1 Å². The van der Waals surface area contributed by atoms with E-state index >= 15 is 0 Å². The standard InChI is InChI=1S/C17H18F3N3O2S/c18-17(19,20)25-14-7-5-13(6-8-14)22-9-11-23(12-10-22)26-16-4-2-1-3-15(16)21-24/h1-8,21,24H,9-12H2. The Morgan fingerprint density at radius 2 is 1.62 bits per heavy atom. The largest absolute Gasteiger partial charge is 0.573 e. The molecule has 0 spiro atoms. The molecule has 26 heavy (non-hydrogen) atoms. The number of hydrogen-bond donors (Lipinski definition) is 2. The minimum Gasteiger partial charge on any atom is -0.406 e. The number of halogens is 3. The van der Waals surface area contributed by atoms with E-state index in [0.29, 0.717) is 5.69 Å². The Labute approximate surface area is 153 Å². The molecule has 0 aliphatic carbocycles. The van der Waals surface area contributed by atoms with Crippen LogP contribution in [0.25, 0.3) is 0 Å². The molecule has 9 heteroatoms. The van der Waals surface area contributed by atoms with E-state index in [4.69, 9.17) is 5.21 Å². The van der Waals surface area contributed by atoms with Crippen molar-refractivity contribution in [3.63, 3.8) is 0 Å². The van der Waals surface area contributed by atoms with E-state index in [-0.39, 0.29) is 5.75 Å². The van der Waals surface area contributed by atoms with Crippen LogP contribution in [-0.4, -0.2) is 42.1 Å². The van der Waals surface area contributed by atoms with Gasteiger partial charge >= 0.3 is 6.36 Å². The minimum atomic E-state index is -4.68. The number of benzene rings is 2. The van der Waals surface area contributed by atoms with Crippen molar-refractivity contribution < 1.29 is 23.1 Å². The summed E-state index contributed by atoms with van der Waals surface area (Å²) in [6.45, 7) is 3.07. The molecule has 0 saturated carbocycles. The summed E-state index contributed by atoms with van der Waals surface area (Å²) in [7, 11) is 0. The molecule has 0 radical (unpaired) electrons. The predicted octanol–water partition coefficient (Wildman–Crippen LogP) is 4.22. The number of anilines is 2. The summed E-state index contributed by atoms with van der Waals surface area (Å²) in [6.07, 6.45) is -4.68. The maximum atomic E-state index is 12.2. The first-order valence-corrected chi connectivity index (χ1v) is 8.75. The molecule has 0 atom stereocenters. The monoisotopic (exact) mass is 385 g/mol. The fraction of sp³-hybridized carbons (Fsp3) is 0.294. The number of hydrogen-bond acceptors (Lipinski definition) is 6. The molecule has 0 aromatic heterocycles. The summed E-state index contributed by atoms with van der Waals surface area (Å²) < 4.78 is 42.7. The highest BCUT2D eigenvalue weighted by Crippen LogP contribution is 2.31. The van der Waals surface area contributed by atoms with Crippen molar-refractivity contribution in [3.8, 4) is 5.75 Å². The van der Waals surface area contributed by atoms with E-state index < -0.39 is 6.36 Å². The first-order valence-electron chi connectivity index (χ1n) is 7.97. The van der Waals surface area contributed by atoms with E-state index in [1.54, 1.807) is 30.1 Å². The second kappa shape index (κ2) is 8.07. The number of piperazine rings is 1. The van der Waals surface area contributed by atoms with Gasteiger partial charge in [-0.2, -0.15) is 0 Å². The van der Waals surface area contributed by atoms with Gasteiger partial charge < -0.3 is 9.64 Å². The van der Waals surface area contributed by atoms with Gasteiger partial charge in [0.2, 0.25) is 0 Å². The first-order chi connectivity index (χ1) is 12.4. The summed E-state index contributed by atoms with van der Waals surface area (Å²) >= 11 is 1.56. The van der Waals surface area contributed by atoms with E-state index in [9.17, 15) is 13.2 Å². The molecule has 1 aliphatic rings. The fourth-order valence-corrected chi connectivity index (χ4v) is 3.65. The number of nitrogens with one attached hydrogen (secondary N) is 1. The van der Waals surface area contributed by atoms with Crippen molar-refractivity contribution in [3.05, 3.63) is 48.5 Å². The summed E-state index contributed by atoms with van der Waals surface area (Å²) in [5.41, 5.74) is 3.71. The molecule has 2 aromatic rings. The number of rotatable bonds is 5. The Kier molecular flexibility index (Phi) is 5.80. The normalized spacial score (nSPS) is 15.8. The molecular weight excluding hydrogens is 367 g/mol. The second-order valence-electron chi connectivity index (χ2n) is 5.66. The molecule has 1 fully saturated rings. The Balaban J connectivity index is 1.55. The average Bonchev–Trinajstić information content (AvgIpc) is 2.62. The Bertz CT molecular complexity index is 720. The Morgan fingerprint density at radius 1 is 0.962 bits per heavy atom. The highest BCUT2D eigenvalue weighted by Gasteiger charge is 2.31. The van der Waals surface area contributed by atoms with Gasteiger partial charge in [-0.15, -0.1) is 13.2 Å². The average molecular weight is 385 g/mol. The SMILES string of the molecule is ONc1ccccc1SN1CCN(c2ccc(OC(F)(F)F)cc2)CC1. The van der Waals surface area contributed by atoms with Gasteiger partial charge in [-0.05, 0) is 48.3 Å². The third-order valence-electron chi connectivity index (χ3n) is 3.91. The first kappa shape index (κ1) is 18.7. The van der Waals surface area contributed by atoms with Crippen molar-refractivity contribution >= 4 is 23.3 Å². The van der Waals surface area contributed by atoms with E-state index in [2.05, 4.69) is 19.4 Å². The zero-order chi connectivity index (χ0) is 18.6. The molecule has 1 saturated heterocycles. The molecule has 0 bridgehead atoms. The van der Waals surface area contributed by atoms with Gasteiger partial charge in [0.25, 0.3) is 0 Å². The quantitative estimate of drug-likeness (QED) is 0.594. The topological polar surface area (TPSA) is 48.0 Å². The smallest absolute Gasteiger partial charge is 0.406 e. The fourth-order valence-electron chi connectivity index (χ4n) is 2.67. The van der Waals surface area contributed by atoms with Crippen LogP contribution in [0.4, 0.5) is 24.5 Å². The van der Waals surface area contributed by atoms with Crippen molar-refractivity contribution in [1.82, 2.24) is 4.31 Å². The van der Waals surface area contributed by atoms with Gasteiger partial charge in [-0.25, -0.2) is 4.31 Å². The van der Waals surface area contributed by atoms with Crippen molar-refractivity contribution in [2.45, 2.75) is 11.3 Å². The predicted molar refractivity (Wildman–Crippen MR) is 94.6 cm³/mol. The number of alkyl halides is 3. The second-order valence-corrected chi connectivity index (χ2v) is 6.80. The summed E-state index contributed by atoms with van der Waals surface area (Å²) in [4.78, 5) is 3.04. The summed E-state index contributed by atoms with van der Waals surface area (Å²) in [5, 5.41) is 9.16. The van der Waals surface area contributed by atoms with Crippen LogP contribution >= 0.6 is 11.9 Å². The summed E-state index contributed by atoms with van der Waals surface area (Å²) in [5.74, 6) is -0.219. The van der Waals surface area contributed by atoms with Crippen LogP contribution in [0.3, 0.4) is 0 Å². The van der Waals surface area contributed by atoms with Gasteiger partial charge in [-0.1, -0.05) is 12.1 Å². The highest BCUT2D eigenvalue weighted by molar-refractivity contribution is 7.97. The maximum Gasteiger partial charge on any atom is 0.573 e. The third-order valence-corrected chi connectivity index (χ3v) is 5.09. The lowest BCUT2D eigenvalue weighted by Gasteiger charge is -2.35. The van der Waals surface area contributed by atoms with Crippen molar-refractivity contribution in [1.29, 1.82) is 0 Å². The lowest BCUT2D eigenvalue weighted by molar-refractivity contribution is -0.274. The van der Waals surface area contributed by atoms with Crippen LogP contribution in [-0.2, 0) is 0 Å². The lowest BCUT2D eigenvalue weighted by Crippen LogP contribution is -2.43. The third kappa shape index (κ3) is 4.96. The van der Waals surface area contributed by atoms with Gasteiger partial charge in [0.1, 0.15) is 5.75 Å². The molecule has 3 rings (SSSR count). The van der Waals surface area contributed by atoms with Crippen LogP contribution in [0.2, 0.25) is 0 Å². The Morgan fingerprint density at radius 3 is 2.23 bits per heavy atom. The van der Waals surface area contributed by atoms with Gasteiger partial charge in [-0.3, -0.25) is 10.7 Å². The zero-order valence-corrected chi connectivity index (χ0v) is 14.6. The lowest BCUT2D eigenvalue weighted by atomic mass is 10.2. The van der Waals surface area contributed by atoms with E-state index in [0.717, 1.165) is 36.8 Å². The maximum absolute atomic E-state index is 12.2. The molecule has 5 nitrogen and oxygen atoms in total. The van der Waals surface area contributed by atoms with Crippen LogP contribution in [0.1, 0.15) is 0 Å². The van der Waals surface area contributed by atoms with Crippen molar-refractivity contribution in [2.75, 3.05) is 36.6 Å². The number of para-hydroxylation sites is 1. The number of ether oxygens (including phenoxy) is 1. The minimum absolute atomic E-state index is 0.219. The van der Waals surface area contributed by atoms with Gasteiger partial charge in [0, 0.05) is 36.8 Å². The summed E-state index contributed by atoms with van der Waals surface area (Å²) in [6, 6.07) is 13.4.